The van der Waals surface area contributed by atoms with Crippen molar-refractivity contribution < 1.29 is 0 Å². The Morgan fingerprint density at radius 3 is 3.00 bits per heavy atom. The first kappa shape index (κ1) is 9.28. The van der Waals surface area contributed by atoms with Crippen molar-refractivity contribution in [1.29, 1.82) is 0 Å². The van der Waals surface area contributed by atoms with E-state index in [4.69, 9.17) is 5.84 Å². The maximum atomic E-state index is 5.18. The summed E-state index contributed by atoms with van der Waals surface area (Å²) >= 11 is 1.68. The molecule has 0 aliphatic rings. The molecular formula is C7H12N4S. The molecule has 0 amide bonds. The Labute approximate surface area is 75.9 Å². The zero-order valence-corrected chi connectivity index (χ0v) is 7.98. The summed E-state index contributed by atoms with van der Waals surface area (Å²) in [6.45, 7) is 4.07. The predicted molar refractivity (Wildman–Crippen MR) is 51.0 cm³/mol. The minimum Gasteiger partial charge on any atom is -0.292 e. The first-order chi connectivity index (χ1) is 5.77. The minimum atomic E-state index is 0.469. The van der Waals surface area contributed by atoms with Crippen LogP contribution in [0.3, 0.4) is 0 Å². The molecule has 12 heavy (non-hydrogen) atoms. The van der Waals surface area contributed by atoms with Crippen LogP contribution in [0.25, 0.3) is 0 Å². The van der Waals surface area contributed by atoms with Crippen molar-refractivity contribution in [1.82, 2.24) is 9.97 Å². The summed E-state index contributed by atoms with van der Waals surface area (Å²) in [6, 6.07) is 0. The molecule has 0 aliphatic carbocycles. The summed E-state index contributed by atoms with van der Waals surface area (Å²) < 4.78 is 0. The van der Waals surface area contributed by atoms with E-state index >= 15 is 0 Å². The molecule has 0 fully saturated rings. The molecular weight excluding hydrogens is 172 g/mol. The molecule has 0 spiro atoms. The summed E-state index contributed by atoms with van der Waals surface area (Å²) in [6.07, 6.45) is 1.76. The van der Waals surface area contributed by atoms with Crippen LogP contribution in [0.2, 0.25) is 0 Å². The lowest BCUT2D eigenvalue weighted by atomic mass is 10.4. The molecule has 5 heteroatoms. The fourth-order valence-electron chi connectivity index (χ4n) is 0.779. The molecule has 0 bridgehead atoms. The first-order valence-electron chi connectivity index (χ1n) is 3.71. The fourth-order valence-corrected chi connectivity index (χ4v) is 1.48. The molecule has 3 N–H and O–H groups in total. The van der Waals surface area contributed by atoms with Crippen LogP contribution in [0.1, 0.15) is 12.5 Å². The average molecular weight is 184 g/mol. The van der Waals surface area contributed by atoms with E-state index in [1.165, 1.54) is 0 Å². The van der Waals surface area contributed by atoms with E-state index in [1.807, 2.05) is 6.92 Å². The van der Waals surface area contributed by atoms with Gasteiger partial charge in [-0.3, -0.25) is 5.43 Å². The summed E-state index contributed by atoms with van der Waals surface area (Å²) in [5.41, 5.74) is 3.50. The van der Waals surface area contributed by atoms with Crippen molar-refractivity contribution in [3.05, 3.63) is 11.8 Å². The van der Waals surface area contributed by atoms with Gasteiger partial charge in [-0.25, -0.2) is 15.8 Å². The number of hydrazine groups is 1. The number of hydrogen-bond acceptors (Lipinski definition) is 5. The Balaban J connectivity index is 2.91. The summed E-state index contributed by atoms with van der Waals surface area (Å²) in [4.78, 5) is 8.18. The van der Waals surface area contributed by atoms with Crippen molar-refractivity contribution in [3.63, 3.8) is 0 Å². The number of anilines is 1. The van der Waals surface area contributed by atoms with Gasteiger partial charge >= 0.3 is 0 Å². The summed E-state index contributed by atoms with van der Waals surface area (Å²) in [5.74, 6) is 6.65. The van der Waals surface area contributed by atoms with Gasteiger partial charge in [0, 0.05) is 6.20 Å². The highest BCUT2D eigenvalue weighted by Crippen LogP contribution is 2.19. The van der Waals surface area contributed by atoms with Gasteiger partial charge in [-0.2, -0.15) is 0 Å². The van der Waals surface area contributed by atoms with Gasteiger partial charge in [-0.1, -0.05) is 6.92 Å². The molecule has 0 atom stereocenters. The molecule has 1 aromatic heterocycles. The number of aryl methyl sites for hydroxylation is 1. The van der Waals surface area contributed by atoms with Gasteiger partial charge in [0.05, 0.1) is 0 Å². The van der Waals surface area contributed by atoms with Gasteiger partial charge in [0.25, 0.3) is 0 Å². The van der Waals surface area contributed by atoms with Crippen molar-refractivity contribution in [3.8, 4) is 0 Å². The minimum absolute atomic E-state index is 0.469. The molecule has 66 valence electrons. The van der Waals surface area contributed by atoms with Crippen LogP contribution in [0.4, 0.5) is 5.95 Å². The van der Waals surface area contributed by atoms with Gasteiger partial charge in [-0.05, 0) is 18.2 Å². The van der Waals surface area contributed by atoms with Crippen LogP contribution in [-0.4, -0.2) is 15.7 Å². The van der Waals surface area contributed by atoms with Crippen molar-refractivity contribution in [2.45, 2.75) is 18.9 Å². The lowest BCUT2D eigenvalue weighted by Gasteiger charge is -2.03. The van der Waals surface area contributed by atoms with Crippen molar-refractivity contribution in [2.75, 3.05) is 11.2 Å². The number of nitrogens with two attached hydrogens (primary N) is 1. The van der Waals surface area contributed by atoms with Gasteiger partial charge in [0.1, 0.15) is 5.03 Å². The van der Waals surface area contributed by atoms with Crippen LogP contribution in [-0.2, 0) is 0 Å². The number of hydrogen-bond donors (Lipinski definition) is 2. The molecule has 1 aromatic rings. The zero-order valence-electron chi connectivity index (χ0n) is 7.16. The van der Waals surface area contributed by atoms with E-state index in [0.29, 0.717) is 5.95 Å². The number of nitrogens with one attached hydrogen (secondary N) is 1. The van der Waals surface area contributed by atoms with E-state index in [2.05, 4.69) is 22.3 Å². The highest BCUT2D eigenvalue weighted by molar-refractivity contribution is 7.99. The van der Waals surface area contributed by atoms with E-state index < -0.39 is 0 Å². The third-order valence-electron chi connectivity index (χ3n) is 1.34. The van der Waals surface area contributed by atoms with Gasteiger partial charge < -0.3 is 0 Å². The van der Waals surface area contributed by atoms with Crippen LogP contribution in [0.5, 0.6) is 0 Å². The van der Waals surface area contributed by atoms with E-state index in [1.54, 1.807) is 18.0 Å². The number of aromatic nitrogens is 2. The maximum Gasteiger partial charge on any atom is 0.238 e. The second-order valence-corrected chi connectivity index (χ2v) is 3.51. The van der Waals surface area contributed by atoms with Gasteiger partial charge in [0.15, 0.2) is 0 Å². The smallest absolute Gasteiger partial charge is 0.238 e. The largest absolute Gasteiger partial charge is 0.292 e. The number of nitrogen functional groups attached to an aromatic ring is 1. The molecule has 0 unspecified atom stereocenters. The first-order valence-corrected chi connectivity index (χ1v) is 4.69. The van der Waals surface area contributed by atoms with Crippen LogP contribution >= 0.6 is 11.8 Å². The zero-order chi connectivity index (χ0) is 8.97. The molecule has 1 heterocycles. The lowest BCUT2D eigenvalue weighted by Crippen LogP contribution is -2.10. The van der Waals surface area contributed by atoms with Crippen LogP contribution < -0.4 is 11.3 Å². The van der Waals surface area contributed by atoms with E-state index in [-0.39, 0.29) is 0 Å². The maximum absolute atomic E-state index is 5.18. The number of rotatable bonds is 3. The Morgan fingerprint density at radius 1 is 1.67 bits per heavy atom. The number of nitrogens with zero attached hydrogens (tertiary/aromatic N) is 2. The Morgan fingerprint density at radius 2 is 2.42 bits per heavy atom. The molecule has 0 aliphatic heterocycles. The average Bonchev–Trinajstić information content (AvgIpc) is 2.09. The summed E-state index contributed by atoms with van der Waals surface area (Å²) in [7, 11) is 0. The molecule has 0 aromatic carbocycles. The third-order valence-corrected chi connectivity index (χ3v) is 2.31. The quantitative estimate of drug-likeness (QED) is 0.320. The standard InChI is InChI=1S/C7H12N4S/c1-3-12-6-5(2)4-9-7(10-6)11-8/h4H,3,8H2,1-2H3,(H,9,10,11). The molecule has 0 saturated heterocycles. The van der Waals surface area contributed by atoms with Crippen LogP contribution in [0, 0.1) is 6.92 Å². The molecule has 0 saturated carbocycles. The monoisotopic (exact) mass is 184 g/mol. The predicted octanol–water partition coefficient (Wildman–Crippen LogP) is 1.18. The normalized spacial score (nSPS) is 9.92. The van der Waals surface area contributed by atoms with Crippen LogP contribution in [0.15, 0.2) is 11.2 Å². The Bertz CT molecular complexity index is 264. The highest BCUT2D eigenvalue weighted by atomic mass is 32.2. The molecule has 1 rings (SSSR count). The third kappa shape index (κ3) is 2.09. The lowest BCUT2D eigenvalue weighted by molar-refractivity contribution is 0.992. The highest BCUT2D eigenvalue weighted by Gasteiger charge is 2.01. The van der Waals surface area contributed by atoms with Crippen molar-refractivity contribution in [2.24, 2.45) is 5.84 Å². The van der Waals surface area contributed by atoms with E-state index in [9.17, 15) is 0 Å². The van der Waals surface area contributed by atoms with Gasteiger partial charge in [0.2, 0.25) is 5.95 Å². The number of thioether (sulfide) groups is 1. The SMILES string of the molecule is CCSc1nc(NN)ncc1C. The topological polar surface area (TPSA) is 63.8 Å². The van der Waals surface area contributed by atoms with Crippen molar-refractivity contribution >= 4 is 17.7 Å². The second-order valence-electron chi connectivity index (χ2n) is 2.26. The van der Waals surface area contributed by atoms with E-state index in [0.717, 1.165) is 16.3 Å². The molecule has 4 nitrogen and oxygen atoms in total. The molecule has 0 radical (unpaired) electrons. The fraction of sp³-hybridized carbons (Fsp3) is 0.429. The Kier molecular flexibility index (Phi) is 3.31. The Hall–Kier alpha value is -0.810. The summed E-state index contributed by atoms with van der Waals surface area (Å²) in [5, 5.41) is 0.987. The van der Waals surface area contributed by atoms with Gasteiger partial charge in [-0.15, -0.1) is 11.8 Å². The second kappa shape index (κ2) is 4.27.